The predicted molar refractivity (Wildman–Crippen MR) is 71.8 cm³/mol. The summed E-state index contributed by atoms with van der Waals surface area (Å²) in [5.41, 5.74) is 2.24. The number of benzene rings is 1. The van der Waals surface area contributed by atoms with Crippen LogP contribution < -0.4 is 10.6 Å². The fourth-order valence-electron chi connectivity index (χ4n) is 2.41. The highest BCUT2D eigenvalue weighted by Crippen LogP contribution is 2.29. The minimum absolute atomic E-state index is 0.00726. The van der Waals surface area contributed by atoms with Crippen LogP contribution in [-0.2, 0) is 4.79 Å². The minimum Gasteiger partial charge on any atom is -0.507 e. The molecule has 0 bridgehead atoms. The number of carbonyl (C=O) groups excluding carboxylic acids is 1. The number of nitrogens with one attached hydrogen (secondary N) is 2. The van der Waals surface area contributed by atoms with Crippen LogP contribution >= 0.6 is 0 Å². The van der Waals surface area contributed by atoms with Gasteiger partial charge in [-0.15, -0.1) is 0 Å². The molecule has 1 aromatic rings. The highest BCUT2D eigenvalue weighted by Gasteiger charge is 2.29. The summed E-state index contributed by atoms with van der Waals surface area (Å²) in [7, 11) is 0. The number of phenols is 1. The molecular formula is C14H20N2O2. The van der Waals surface area contributed by atoms with E-state index in [9.17, 15) is 9.90 Å². The van der Waals surface area contributed by atoms with Crippen LogP contribution in [0.5, 0.6) is 5.75 Å². The lowest BCUT2D eigenvalue weighted by Gasteiger charge is -2.17. The van der Waals surface area contributed by atoms with Gasteiger partial charge in [0.2, 0.25) is 5.91 Å². The zero-order valence-corrected chi connectivity index (χ0v) is 11.1. The summed E-state index contributed by atoms with van der Waals surface area (Å²) in [6.45, 7) is 6.57. The van der Waals surface area contributed by atoms with Crippen molar-refractivity contribution in [1.82, 2.24) is 5.32 Å². The van der Waals surface area contributed by atoms with Gasteiger partial charge in [0.15, 0.2) is 0 Å². The first-order valence-electron chi connectivity index (χ1n) is 6.34. The summed E-state index contributed by atoms with van der Waals surface area (Å²) in [5.74, 6) is 0.289. The van der Waals surface area contributed by atoms with Crippen molar-refractivity contribution < 1.29 is 9.90 Å². The highest BCUT2D eigenvalue weighted by atomic mass is 16.3. The Bertz CT molecular complexity index is 471. The Hall–Kier alpha value is -1.55. The topological polar surface area (TPSA) is 61.4 Å². The molecular weight excluding hydrogens is 228 g/mol. The van der Waals surface area contributed by atoms with Gasteiger partial charge in [0.05, 0.1) is 5.92 Å². The standard InChI is InChI=1S/C14H20N2O2/c1-8-4-5-12(9(2)13(8)17)16-14(18)11-6-7-15-10(11)3/h4-5,10-11,15,17H,6-7H2,1-3H3,(H,16,18). The summed E-state index contributed by atoms with van der Waals surface area (Å²) < 4.78 is 0. The number of carbonyl (C=O) groups is 1. The third kappa shape index (κ3) is 2.34. The zero-order chi connectivity index (χ0) is 13.3. The SMILES string of the molecule is Cc1ccc(NC(=O)C2CCNC2C)c(C)c1O. The van der Waals surface area contributed by atoms with Crippen LogP contribution in [0.4, 0.5) is 5.69 Å². The number of aromatic hydroxyl groups is 1. The van der Waals surface area contributed by atoms with E-state index in [1.54, 1.807) is 0 Å². The van der Waals surface area contributed by atoms with Crippen molar-refractivity contribution in [3.05, 3.63) is 23.3 Å². The molecule has 0 saturated carbocycles. The Morgan fingerprint density at radius 3 is 2.78 bits per heavy atom. The molecule has 98 valence electrons. The molecule has 1 heterocycles. The van der Waals surface area contributed by atoms with Gasteiger partial charge in [-0.3, -0.25) is 4.79 Å². The zero-order valence-electron chi connectivity index (χ0n) is 11.1. The van der Waals surface area contributed by atoms with E-state index >= 15 is 0 Å². The van der Waals surface area contributed by atoms with Crippen molar-refractivity contribution in [3.8, 4) is 5.75 Å². The molecule has 1 saturated heterocycles. The summed E-state index contributed by atoms with van der Waals surface area (Å²) in [6.07, 6.45) is 0.865. The van der Waals surface area contributed by atoms with E-state index in [0.717, 1.165) is 24.1 Å². The van der Waals surface area contributed by atoms with E-state index in [0.29, 0.717) is 5.69 Å². The van der Waals surface area contributed by atoms with Crippen molar-refractivity contribution in [3.63, 3.8) is 0 Å². The van der Waals surface area contributed by atoms with E-state index in [2.05, 4.69) is 10.6 Å². The lowest BCUT2D eigenvalue weighted by molar-refractivity contribution is -0.120. The lowest BCUT2D eigenvalue weighted by Crippen LogP contribution is -2.32. The van der Waals surface area contributed by atoms with Gasteiger partial charge in [0, 0.05) is 17.3 Å². The number of anilines is 1. The number of amides is 1. The van der Waals surface area contributed by atoms with Crippen molar-refractivity contribution >= 4 is 11.6 Å². The first-order valence-corrected chi connectivity index (χ1v) is 6.34. The summed E-state index contributed by atoms with van der Waals surface area (Å²) in [6, 6.07) is 3.87. The van der Waals surface area contributed by atoms with Crippen LogP contribution in [-0.4, -0.2) is 23.6 Å². The Kier molecular flexibility index (Phi) is 3.57. The minimum atomic E-state index is 0.00726. The average Bonchev–Trinajstić information content (AvgIpc) is 2.76. The van der Waals surface area contributed by atoms with Gasteiger partial charge < -0.3 is 15.7 Å². The van der Waals surface area contributed by atoms with Crippen LogP contribution in [0.1, 0.15) is 24.5 Å². The molecule has 4 heteroatoms. The van der Waals surface area contributed by atoms with E-state index in [4.69, 9.17) is 0 Å². The van der Waals surface area contributed by atoms with E-state index < -0.39 is 0 Å². The molecule has 1 amide bonds. The summed E-state index contributed by atoms with van der Waals surface area (Å²) in [4.78, 5) is 12.1. The first kappa shape index (κ1) is 12.9. The molecule has 0 radical (unpaired) electrons. The highest BCUT2D eigenvalue weighted by molar-refractivity contribution is 5.94. The van der Waals surface area contributed by atoms with Gasteiger partial charge in [-0.1, -0.05) is 6.07 Å². The normalized spacial score (nSPS) is 23.1. The summed E-state index contributed by atoms with van der Waals surface area (Å²) in [5, 5.41) is 16.0. The maximum absolute atomic E-state index is 12.1. The monoisotopic (exact) mass is 248 g/mol. The lowest BCUT2D eigenvalue weighted by atomic mass is 10.0. The Balaban J connectivity index is 2.14. The second-order valence-corrected chi connectivity index (χ2v) is 5.03. The molecule has 0 aliphatic carbocycles. The van der Waals surface area contributed by atoms with Crippen molar-refractivity contribution in [2.45, 2.75) is 33.2 Å². The van der Waals surface area contributed by atoms with E-state index in [-0.39, 0.29) is 23.6 Å². The smallest absolute Gasteiger partial charge is 0.229 e. The quantitative estimate of drug-likeness (QED) is 0.749. The molecule has 1 aromatic carbocycles. The fourth-order valence-corrected chi connectivity index (χ4v) is 2.41. The largest absolute Gasteiger partial charge is 0.507 e. The van der Waals surface area contributed by atoms with Gasteiger partial charge in [0.1, 0.15) is 5.75 Å². The van der Waals surface area contributed by atoms with Crippen LogP contribution in [0, 0.1) is 19.8 Å². The predicted octanol–water partition coefficient (Wildman–Crippen LogP) is 1.95. The van der Waals surface area contributed by atoms with Gasteiger partial charge in [-0.25, -0.2) is 0 Å². The molecule has 4 nitrogen and oxygen atoms in total. The van der Waals surface area contributed by atoms with Crippen LogP contribution in [0.3, 0.4) is 0 Å². The van der Waals surface area contributed by atoms with Gasteiger partial charge in [-0.05, 0) is 45.4 Å². The molecule has 1 fully saturated rings. The van der Waals surface area contributed by atoms with E-state index in [1.807, 2.05) is 32.9 Å². The first-order chi connectivity index (χ1) is 8.50. The Morgan fingerprint density at radius 2 is 2.17 bits per heavy atom. The number of hydrogen-bond donors (Lipinski definition) is 3. The fraction of sp³-hybridized carbons (Fsp3) is 0.500. The second kappa shape index (κ2) is 4.98. The van der Waals surface area contributed by atoms with Crippen molar-refractivity contribution in [1.29, 1.82) is 0 Å². The van der Waals surface area contributed by atoms with Crippen LogP contribution in [0.2, 0.25) is 0 Å². The third-order valence-electron chi connectivity index (χ3n) is 3.75. The number of phenolic OH excluding ortho intramolecular Hbond substituents is 1. The Morgan fingerprint density at radius 1 is 1.44 bits per heavy atom. The molecule has 3 N–H and O–H groups in total. The number of rotatable bonds is 2. The van der Waals surface area contributed by atoms with Gasteiger partial charge in [-0.2, -0.15) is 0 Å². The third-order valence-corrected chi connectivity index (χ3v) is 3.75. The van der Waals surface area contributed by atoms with Gasteiger partial charge >= 0.3 is 0 Å². The Labute approximate surface area is 107 Å². The van der Waals surface area contributed by atoms with Crippen molar-refractivity contribution in [2.75, 3.05) is 11.9 Å². The molecule has 18 heavy (non-hydrogen) atoms. The molecule has 2 unspecified atom stereocenters. The van der Waals surface area contributed by atoms with Crippen LogP contribution in [0.15, 0.2) is 12.1 Å². The molecule has 1 aliphatic rings. The summed E-state index contributed by atoms with van der Waals surface area (Å²) >= 11 is 0. The number of hydrogen-bond acceptors (Lipinski definition) is 3. The molecule has 1 aliphatic heterocycles. The molecule has 0 aromatic heterocycles. The van der Waals surface area contributed by atoms with Crippen LogP contribution in [0.25, 0.3) is 0 Å². The molecule has 2 rings (SSSR count). The molecule has 2 atom stereocenters. The van der Waals surface area contributed by atoms with Crippen molar-refractivity contribution in [2.24, 2.45) is 5.92 Å². The molecule has 0 spiro atoms. The maximum atomic E-state index is 12.1. The maximum Gasteiger partial charge on any atom is 0.229 e. The second-order valence-electron chi connectivity index (χ2n) is 5.03. The van der Waals surface area contributed by atoms with E-state index in [1.165, 1.54) is 0 Å². The average molecular weight is 248 g/mol. The number of aryl methyl sites for hydroxylation is 1. The van der Waals surface area contributed by atoms with Gasteiger partial charge in [0.25, 0.3) is 0 Å².